The van der Waals surface area contributed by atoms with Crippen LogP contribution in [0.5, 0.6) is 5.75 Å². The van der Waals surface area contributed by atoms with Crippen molar-refractivity contribution in [2.45, 2.75) is 46.8 Å². The zero-order valence-electron chi connectivity index (χ0n) is 20.9. The number of rotatable bonds is 8. The van der Waals surface area contributed by atoms with E-state index in [4.69, 9.17) is 10.00 Å². The summed E-state index contributed by atoms with van der Waals surface area (Å²) in [5.74, 6) is 0.486. The van der Waals surface area contributed by atoms with Gasteiger partial charge in [0, 0.05) is 42.7 Å². The highest BCUT2D eigenvalue weighted by Crippen LogP contribution is 2.35. The highest BCUT2D eigenvalue weighted by molar-refractivity contribution is 5.63. The van der Waals surface area contributed by atoms with Crippen LogP contribution in [0.4, 0.5) is 8.78 Å². The van der Waals surface area contributed by atoms with E-state index in [9.17, 15) is 13.9 Å². The molecule has 0 spiro atoms. The number of nitrogens with zero attached hydrogens (tertiary/aromatic N) is 4. The first-order valence-corrected chi connectivity index (χ1v) is 12.2. The van der Waals surface area contributed by atoms with Gasteiger partial charge in [0.25, 0.3) is 0 Å². The summed E-state index contributed by atoms with van der Waals surface area (Å²) in [6.45, 7) is 5.43. The molecule has 190 valence electrons. The standard InChI is InChI=1S/C28H32F2N4O2/c1-19-11-20(13-31)6-9-25(19)34-16-24(32-18-34)21-7-8-22(26(12-21)36-27(29)30)14-33-10-4-5-23(15-33)28(2,3)17-35/h6-9,11-12,16,18,23,27,35H,4-5,10,14-15,17H2,1-3H3/t23-/m0/s1. The van der Waals surface area contributed by atoms with Crippen LogP contribution in [0.3, 0.4) is 0 Å². The van der Waals surface area contributed by atoms with Gasteiger partial charge in [-0.15, -0.1) is 0 Å². The Morgan fingerprint density at radius 3 is 2.75 bits per heavy atom. The Balaban J connectivity index is 1.57. The van der Waals surface area contributed by atoms with Gasteiger partial charge in [0.05, 0.1) is 23.7 Å². The lowest BCUT2D eigenvalue weighted by molar-refractivity contribution is -0.0509. The first kappa shape index (κ1) is 25.8. The molecule has 36 heavy (non-hydrogen) atoms. The maximum atomic E-state index is 13.3. The molecule has 1 N–H and O–H groups in total. The van der Waals surface area contributed by atoms with E-state index in [1.54, 1.807) is 18.5 Å². The number of nitriles is 1. The van der Waals surface area contributed by atoms with E-state index in [2.05, 4.69) is 29.8 Å². The average molecular weight is 495 g/mol. The topological polar surface area (TPSA) is 74.3 Å². The van der Waals surface area contributed by atoms with Crippen molar-refractivity contribution >= 4 is 0 Å². The minimum absolute atomic E-state index is 0.120. The number of hydrogen-bond acceptors (Lipinski definition) is 5. The molecule has 3 aromatic rings. The Hall–Kier alpha value is -3.28. The van der Waals surface area contributed by atoms with Crippen molar-refractivity contribution in [2.75, 3.05) is 19.7 Å². The quantitative estimate of drug-likeness (QED) is 0.444. The number of alkyl halides is 2. The first-order chi connectivity index (χ1) is 17.2. The lowest BCUT2D eigenvalue weighted by Gasteiger charge is -2.40. The Kier molecular flexibility index (Phi) is 7.72. The summed E-state index contributed by atoms with van der Waals surface area (Å²) in [5.41, 5.74) is 4.23. The predicted octanol–water partition coefficient (Wildman–Crippen LogP) is 5.55. The van der Waals surface area contributed by atoms with Crippen LogP contribution in [0.2, 0.25) is 0 Å². The van der Waals surface area contributed by atoms with Crippen LogP contribution in [-0.4, -0.2) is 45.9 Å². The molecule has 1 atom stereocenters. The van der Waals surface area contributed by atoms with Gasteiger partial charge in [-0.3, -0.25) is 4.90 Å². The number of ether oxygens (including phenoxy) is 1. The molecule has 1 saturated heterocycles. The summed E-state index contributed by atoms with van der Waals surface area (Å²) in [7, 11) is 0. The molecule has 1 fully saturated rings. The van der Waals surface area contributed by atoms with Gasteiger partial charge >= 0.3 is 6.61 Å². The summed E-state index contributed by atoms with van der Waals surface area (Å²) in [5, 5.41) is 18.9. The van der Waals surface area contributed by atoms with Crippen LogP contribution in [0.15, 0.2) is 48.9 Å². The van der Waals surface area contributed by atoms with Crippen LogP contribution in [0.1, 0.15) is 43.4 Å². The summed E-state index contributed by atoms with van der Waals surface area (Å²) in [6, 6.07) is 12.9. The predicted molar refractivity (Wildman–Crippen MR) is 134 cm³/mol. The second-order valence-corrected chi connectivity index (χ2v) is 10.2. The van der Waals surface area contributed by atoms with E-state index in [0.29, 0.717) is 34.8 Å². The monoisotopic (exact) mass is 494 g/mol. The second kappa shape index (κ2) is 10.8. The molecule has 0 saturated carbocycles. The maximum absolute atomic E-state index is 13.3. The first-order valence-electron chi connectivity index (χ1n) is 12.2. The third kappa shape index (κ3) is 5.75. The lowest BCUT2D eigenvalue weighted by atomic mass is 9.75. The van der Waals surface area contributed by atoms with Crippen molar-refractivity contribution in [3.05, 3.63) is 65.6 Å². The summed E-state index contributed by atoms with van der Waals surface area (Å²) in [6.07, 6.45) is 5.55. The molecule has 0 amide bonds. The number of halogens is 2. The molecule has 1 aromatic heterocycles. The van der Waals surface area contributed by atoms with Crippen LogP contribution in [0, 0.1) is 29.6 Å². The Morgan fingerprint density at radius 1 is 1.25 bits per heavy atom. The molecule has 0 radical (unpaired) electrons. The van der Waals surface area contributed by atoms with Crippen molar-refractivity contribution in [1.82, 2.24) is 14.5 Å². The number of aromatic nitrogens is 2. The fraction of sp³-hybridized carbons (Fsp3) is 0.429. The van der Waals surface area contributed by atoms with Crippen molar-refractivity contribution in [3.63, 3.8) is 0 Å². The van der Waals surface area contributed by atoms with Gasteiger partial charge in [0.2, 0.25) is 0 Å². The molecule has 0 unspecified atom stereocenters. The van der Waals surface area contributed by atoms with Crippen molar-refractivity contribution in [2.24, 2.45) is 11.3 Å². The van der Waals surface area contributed by atoms with E-state index in [0.717, 1.165) is 37.2 Å². The number of hydrogen-bond donors (Lipinski definition) is 1. The van der Waals surface area contributed by atoms with Crippen LogP contribution in [0.25, 0.3) is 16.9 Å². The molecule has 1 aliphatic heterocycles. The number of imidazole rings is 1. The third-order valence-electron chi connectivity index (χ3n) is 7.18. The molecule has 2 heterocycles. The van der Waals surface area contributed by atoms with Crippen LogP contribution < -0.4 is 4.74 Å². The normalized spacial score (nSPS) is 16.8. The van der Waals surface area contributed by atoms with Crippen LogP contribution >= 0.6 is 0 Å². The third-order valence-corrected chi connectivity index (χ3v) is 7.18. The highest BCUT2D eigenvalue weighted by Gasteiger charge is 2.33. The van der Waals surface area contributed by atoms with Crippen LogP contribution in [-0.2, 0) is 6.54 Å². The lowest BCUT2D eigenvalue weighted by Crippen LogP contribution is -2.42. The van der Waals surface area contributed by atoms with E-state index in [1.165, 1.54) is 0 Å². The molecular weight excluding hydrogens is 462 g/mol. The Labute approximate surface area is 210 Å². The van der Waals surface area contributed by atoms with E-state index < -0.39 is 6.61 Å². The second-order valence-electron chi connectivity index (χ2n) is 10.2. The number of aliphatic hydroxyl groups excluding tert-OH is 1. The van der Waals surface area contributed by atoms with Gasteiger partial charge in [-0.1, -0.05) is 26.0 Å². The van der Waals surface area contributed by atoms with Crippen molar-refractivity contribution in [3.8, 4) is 28.8 Å². The van der Waals surface area contributed by atoms with Gasteiger partial charge < -0.3 is 14.4 Å². The number of likely N-dealkylation sites (tertiary alicyclic amines) is 1. The highest BCUT2D eigenvalue weighted by atomic mass is 19.3. The molecule has 1 aliphatic rings. The number of aliphatic hydroxyl groups is 1. The molecule has 4 rings (SSSR count). The number of piperidine rings is 1. The smallest absolute Gasteiger partial charge is 0.387 e. The molecular formula is C28H32F2N4O2. The van der Waals surface area contributed by atoms with E-state index in [-0.39, 0.29) is 17.8 Å². The van der Waals surface area contributed by atoms with E-state index in [1.807, 2.05) is 42.0 Å². The number of benzene rings is 2. The van der Waals surface area contributed by atoms with Crippen molar-refractivity contribution in [1.29, 1.82) is 5.26 Å². The minimum Gasteiger partial charge on any atom is -0.434 e. The largest absolute Gasteiger partial charge is 0.434 e. The fourth-order valence-electron chi connectivity index (χ4n) is 4.88. The van der Waals surface area contributed by atoms with Gasteiger partial charge in [0.15, 0.2) is 0 Å². The summed E-state index contributed by atoms with van der Waals surface area (Å²) >= 11 is 0. The Bertz CT molecular complexity index is 1250. The maximum Gasteiger partial charge on any atom is 0.387 e. The van der Waals surface area contributed by atoms with Gasteiger partial charge in [-0.25, -0.2) is 4.98 Å². The fourth-order valence-corrected chi connectivity index (χ4v) is 4.88. The Morgan fingerprint density at radius 2 is 2.06 bits per heavy atom. The molecule has 0 aliphatic carbocycles. The minimum atomic E-state index is -2.93. The van der Waals surface area contributed by atoms with Crippen molar-refractivity contribution < 1.29 is 18.6 Å². The van der Waals surface area contributed by atoms with Gasteiger partial charge in [-0.2, -0.15) is 14.0 Å². The molecule has 2 aromatic carbocycles. The average Bonchev–Trinajstić information content (AvgIpc) is 3.35. The molecule has 6 nitrogen and oxygen atoms in total. The number of aryl methyl sites for hydroxylation is 1. The molecule has 0 bridgehead atoms. The zero-order chi connectivity index (χ0) is 25.9. The van der Waals surface area contributed by atoms with Gasteiger partial charge in [0.1, 0.15) is 5.75 Å². The van der Waals surface area contributed by atoms with E-state index >= 15 is 0 Å². The summed E-state index contributed by atoms with van der Waals surface area (Å²) in [4.78, 5) is 6.73. The summed E-state index contributed by atoms with van der Waals surface area (Å²) < 4.78 is 33.4. The zero-order valence-corrected chi connectivity index (χ0v) is 20.9. The SMILES string of the molecule is Cc1cc(C#N)ccc1-n1cnc(-c2ccc(CN3CCC[C@H](C(C)(C)CO)C3)c(OC(F)F)c2)c1. The van der Waals surface area contributed by atoms with Gasteiger partial charge in [-0.05, 0) is 67.5 Å². The molecule has 8 heteroatoms.